The standard InChI is InChI=1S/C13H10F3N3OS/c14-13(15,16)7-1-2-10(17-5-7)11-18-9-3-4-21-6-8(9)12(20)19-11/h1-2,5H,3-4,6H2,(H,18,19,20). The Morgan fingerprint density at radius 3 is 2.76 bits per heavy atom. The molecule has 0 bridgehead atoms. The van der Waals surface area contributed by atoms with E-state index >= 15 is 0 Å². The molecule has 0 aliphatic carbocycles. The van der Waals surface area contributed by atoms with Gasteiger partial charge in [0.1, 0.15) is 5.69 Å². The van der Waals surface area contributed by atoms with Gasteiger partial charge < -0.3 is 4.98 Å². The van der Waals surface area contributed by atoms with E-state index in [0.717, 1.165) is 18.0 Å². The average Bonchev–Trinajstić information content (AvgIpc) is 2.46. The van der Waals surface area contributed by atoms with E-state index in [2.05, 4.69) is 15.0 Å². The van der Waals surface area contributed by atoms with Crippen molar-refractivity contribution in [2.45, 2.75) is 18.3 Å². The van der Waals surface area contributed by atoms with Crippen molar-refractivity contribution in [3.63, 3.8) is 0 Å². The van der Waals surface area contributed by atoms with E-state index in [1.807, 2.05) is 0 Å². The number of nitrogens with zero attached hydrogens (tertiary/aromatic N) is 2. The number of aromatic amines is 1. The zero-order valence-electron chi connectivity index (χ0n) is 10.7. The SMILES string of the molecule is O=c1[nH]c(-c2ccc(C(F)(F)F)cn2)nc2c1CSCC2. The number of hydrogen-bond acceptors (Lipinski definition) is 4. The van der Waals surface area contributed by atoms with Crippen LogP contribution in [0.3, 0.4) is 0 Å². The minimum atomic E-state index is -4.43. The van der Waals surface area contributed by atoms with Gasteiger partial charge in [0.2, 0.25) is 0 Å². The van der Waals surface area contributed by atoms with Crippen LogP contribution < -0.4 is 5.56 Å². The Labute approximate surface area is 121 Å². The molecule has 21 heavy (non-hydrogen) atoms. The van der Waals surface area contributed by atoms with Gasteiger partial charge in [-0.25, -0.2) is 4.98 Å². The molecule has 4 nitrogen and oxygen atoms in total. The van der Waals surface area contributed by atoms with E-state index in [4.69, 9.17) is 0 Å². The molecule has 0 amide bonds. The molecule has 1 aliphatic heterocycles. The molecular weight excluding hydrogens is 303 g/mol. The summed E-state index contributed by atoms with van der Waals surface area (Å²) in [6, 6.07) is 2.14. The second-order valence-corrected chi connectivity index (χ2v) is 5.68. The van der Waals surface area contributed by atoms with Gasteiger partial charge in [-0.05, 0) is 24.3 Å². The average molecular weight is 313 g/mol. The second-order valence-electron chi connectivity index (χ2n) is 4.57. The Balaban J connectivity index is 2.01. The van der Waals surface area contributed by atoms with Crippen LogP contribution in [0.1, 0.15) is 16.8 Å². The fourth-order valence-electron chi connectivity index (χ4n) is 2.07. The number of alkyl halides is 3. The molecule has 0 saturated heterocycles. The molecule has 8 heteroatoms. The molecule has 1 aliphatic rings. The highest BCUT2D eigenvalue weighted by Crippen LogP contribution is 2.29. The summed E-state index contributed by atoms with van der Waals surface area (Å²) in [5, 5.41) is 0. The highest BCUT2D eigenvalue weighted by Gasteiger charge is 2.30. The summed E-state index contributed by atoms with van der Waals surface area (Å²) in [6.45, 7) is 0. The molecule has 0 spiro atoms. The Kier molecular flexibility index (Phi) is 3.48. The van der Waals surface area contributed by atoms with Gasteiger partial charge in [-0.1, -0.05) is 0 Å². The van der Waals surface area contributed by atoms with Crippen molar-refractivity contribution in [3.05, 3.63) is 45.5 Å². The number of aryl methyl sites for hydroxylation is 1. The molecule has 2 aromatic heterocycles. The number of H-pyrrole nitrogens is 1. The Bertz CT molecular complexity index is 725. The van der Waals surface area contributed by atoms with Crippen molar-refractivity contribution in [3.8, 4) is 11.5 Å². The van der Waals surface area contributed by atoms with Gasteiger partial charge in [0.15, 0.2) is 5.82 Å². The van der Waals surface area contributed by atoms with Gasteiger partial charge in [-0.15, -0.1) is 0 Å². The van der Waals surface area contributed by atoms with Gasteiger partial charge in [-0.3, -0.25) is 9.78 Å². The van der Waals surface area contributed by atoms with Crippen molar-refractivity contribution in [1.82, 2.24) is 15.0 Å². The van der Waals surface area contributed by atoms with Crippen LogP contribution in [0, 0.1) is 0 Å². The normalized spacial score (nSPS) is 14.8. The molecule has 3 rings (SSSR count). The van der Waals surface area contributed by atoms with Crippen LogP contribution in [-0.2, 0) is 18.3 Å². The Hall–Kier alpha value is -1.83. The van der Waals surface area contributed by atoms with Crippen LogP contribution in [0.4, 0.5) is 13.2 Å². The summed E-state index contributed by atoms with van der Waals surface area (Å²) in [5.41, 5.74) is 0.490. The number of pyridine rings is 1. The largest absolute Gasteiger partial charge is 0.417 e. The van der Waals surface area contributed by atoms with Crippen LogP contribution in [0.2, 0.25) is 0 Å². The first-order valence-corrected chi connectivity index (χ1v) is 7.34. The summed E-state index contributed by atoms with van der Waals surface area (Å²) in [5.74, 6) is 1.70. The fraction of sp³-hybridized carbons (Fsp3) is 0.308. The van der Waals surface area contributed by atoms with E-state index in [1.165, 1.54) is 6.07 Å². The van der Waals surface area contributed by atoms with Gasteiger partial charge in [0, 0.05) is 17.5 Å². The summed E-state index contributed by atoms with van der Waals surface area (Å²) in [6.07, 6.45) is -3.01. The Morgan fingerprint density at radius 2 is 2.10 bits per heavy atom. The van der Waals surface area contributed by atoms with E-state index in [9.17, 15) is 18.0 Å². The highest BCUT2D eigenvalue weighted by molar-refractivity contribution is 7.98. The van der Waals surface area contributed by atoms with Crippen LogP contribution in [0.15, 0.2) is 23.1 Å². The second kappa shape index (κ2) is 5.18. The van der Waals surface area contributed by atoms with Gasteiger partial charge in [0.05, 0.1) is 11.3 Å². The van der Waals surface area contributed by atoms with Gasteiger partial charge in [-0.2, -0.15) is 24.9 Å². The third-order valence-corrected chi connectivity index (χ3v) is 4.15. The minimum absolute atomic E-state index is 0.208. The van der Waals surface area contributed by atoms with Gasteiger partial charge >= 0.3 is 6.18 Å². The van der Waals surface area contributed by atoms with Crippen LogP contribution in [-0.4, -0.2) is 20.7 Å². The number of hydrogen-bond donors (Lipinski definition) is 1. The maximum absolute atomic E-state index is 12.5. The number of rotatable bonds is 1. The molecule has 110 valence electrons. The van der Waals surface area contributed by atoms with Crippen molar-refractivity contribution in [1.29, 1.82) is 0 Å². The first-order valence-electron chi connectivity index (χ1n) is 6.18. The number of nitrogens with one attached hydrogen (secondary N) is 1. The first kappa shape index (κ1) is 14.1. The zero-order valence-corrected chi connectivity index (χ0v) is 11.5. The minimum Gasteiger partial charge on any atom is -0.305 e. The topological polar surface area (TPSA) is 58.6 Å². The monoisotopic (exact) mass is 313 g/mol. The Morgan fingerprint density at radius 1 is 1.29 bits per heavy atom. The van der Waals surface area contributed by atoms with Crippen molar-refractivity contribution in [2.75, 3.05) is 5.75 Å². The number of aromatic nitrogens is 3. The number of thioether (sulfide) groups is 1. The maximum atomic E-state index is 12.5. The molecule has 0 aromatic carbocycles. The van der Waals surface area contributed by atoms with Crippen molar-refractivity contribution in [2.24, 2.45) is 0 Å². The fourth-order valence-corrected chi connectivity index (χ4v) is 3.05. The van der Waals surface area contributed by atoms with Crippen LogP contribution >= 0.6 is 11.8 Å². The van der Waals surface area contributed by atoms with Crippen LogP contribution in [0.5, 0.6) is 0 Å². The predicted octanol–water partition coefficient (Wildman–Crippen LogP) is 2.64. The summed E-state index contributed by atoms with van der Waals surface area (Å²) in [7, 11) is 0. The molecule has 3 heterocycles. The van der Waals surface area contributed by atoms with Crippen LogP contribution in [0.25, 0.3) is 11.5 Å². The molecule has 0 atom stereocenters. The highest BCUT2D eigenvalue weighted by atomic mass is 32.2. The third kappa shape index (κ3) is 2.80. The molecule has 1 N–H and O–H groups in total. The number of halogens is 3. The van der Waals surface area contributed by atoms with E-state index in [0.29, 0.717) is 23.4 Å². The first-order chi connectivity index (χ1) is 9.95. The lowest BCUT2D eigenvalue weighted by Gasteiger charge is -2.14. The summed E-state index contributed by atoms with van der Waals surface area (Å²) >= 11 is 1.66. The van der Waals surface area contributed by atoms with E-state index in [1.54, 1.807) is 11.8 Å². The zero-order chi connectivity index (χ0) is 15.0. The van der Waals surface area contributed by atoms with Crippen molar-refractivity contribution >= 4 is 11.8 Å². The van der Waals surface area contributed by atoms with E-state index in [-0.39, 0.29) is 17.1 Å². The molecule has 2 aromatic rings. The summed E-state index contributed by atoms with van der Waals surface area (Å²) < 4.78 is 37.5. The molecule has 0 radical (unpaired) electrons. The smallest absolute Gasteiger partial charge is 0.305 e. The summed E-state index contributed by atoms with van der Waals surface area (Å²) in [4.78, 5) is 22.6. The maximum Gasteiger partial charge on any atom is 0.417 e. The van der Waals surface area contributed by atoms with Crippen molar-refractivity contribution < 1.29 is 13.2 Å². The molecule has 0 fully saturated rings. The molecular formula is C13H10F3N3OS. The number of fused-ring (bicyclic) bond motifs is 1. The molecule has 0 unspecified atom stereocenters. The molecule has 0 saturated carbocycles. The quantitative estimate of drug-likeness (QED) is 0.879. The lowest BCUT2D eigenvalue weighted by atomic mass is 10.2. The lowest BCUT2D eigenvalue weighted by molar-refractivity contribution is -0.137. The predicted molar refractivity (Wildman–Crippen MR) is 73.0 cm³/mol. The van der Waals surface area contributed by atoms with Gasteiger partial charge in [0.25, 0.3) is 5.56 Å². The lowest BCUT2D eigenvalue weighted by Crippen LogP contribution is -2.21. The van der Waals surface area contributed by atoms with E-state index < -0.39 is 11.7 Å². The third-order valence-electron chi connectivity index (χ3n) is 3.16.